The van der Waals surface area contributed by atoms with Gasteiger partial charge in [0.2, 0.25) is 0 Å². The van der Waals surface area contributed by atoms with E-state index in [1.54, 1.807) is 0 Å². The van der Waals surface area contributed by atoms with Crippen molar-refractivity contribution in [1.29, 1.82) is 0 Å². The molecule has 4 heteroatoms. The minimum Gasteiger partial charge on any atom is -0.455 e. The Kier molecular flexibility index (Phi) is 8.45. The molecule has 0 unspecified atom stereocenters. The molecular formula is C55H35N3O. The molecule has 11 rings (SSSR count). The molecule has 0 aliphatic carbocycles. The van der Waals surface area contributed by atoms with Crippen molar-refractivity contribution in [2.75, 3.05) is 0 Å². The third kappa shape index (κ3) is 6.43. The highest BCUT2D eigenvalue weighted by atomic mass is 16.3. The van der Waals surface area contributed by atoms with Gasteiger partial charge in [-0.3, -0.25) is 0 Å². The van der Waals surface area contributed by atoms with Gasteiger partial charge in [0.15, 0.2) is 17.5 Å². The van der Waals surface area contributed by atoms with Crippen LogP contribution in [0.4, 0.5) is 0 Å². The molecule has 0 bridgehead atoms. The van der Waals surface area contributed by atoms with Crippen LogP contribution in [0.5, 0.6) is 0 Å². The van der Waals surface area contributed by atoms with E-state index in [-0.39, 0.29) is 0 Å². The molecule has 11 aromatic rings. The highest BCUT2D eigenvalue weighted by Crippen LogP contribution is 2.41. The van der Waals surface area contributed by atoms with E-state index in [0.717, 1.165) is 82.8 Å². The summed E-state index contributed by atoms with van der Waals surface area (Å²) in [6.07, 6.45) is 0. The molecule has 0 N–H and O–H groups in total. The van der Waals surface area contributed by atoms with Crippen molar-refractivity contribution in [3.8, 4) is 78.7 Å². The number of furan rings is 1. The first-order chi connectivity index (χ1) is 29.2. The lowest BCUT2D eigenvalue weighted by molar-refractivity contribution is 0.673. The number of rotatable bonds is 7. The third-order valence-electron chi connectivity index (χ3n) is 11.1. The first-order valence-electron chi connectivity index (χ1n) is 19.8. The van der Waals surface area contributed by atoms with E-state index >= 15 is 0 Å². The number of benzene rings is 9. The lowest BCUT2D eigenvalue weighted by Gasteiger charge is -2.12. The van der Waals surface area contributed by atoms with Crippen LogP contribution >= 0.6 is 0 Å². The zero-order valence-electron chi connectivity index (χ0n) is 32.0. The average Bonchev–Trinajstić information content (AvgIpc) is 3.70. The smallest absolute Gasteiger partial charge is 0.164 e. The summed E-state index contributed by atoms with van der Waals surface area (Å²) in [6.45, 7) is 0. The zero-order chi connectivity index (χ0) is 39.1. The fraction of sp³-hybridized carbons (Fsp3) is 0. The Morgan fingerprint density at radius 2 is 0.678 bits per heavy atom. The van der Waals surface area contributed by atoms with Gasteiger partial charge in [0.1, 0.15) is 11.2 Å². The van der Waals surface area contributed by atoms with Crippen molar-refractivity contribution in [3.05, 3.63) is 212 Å². The Hall–Kier alpha value is -7.95. The van der Waals surface area contributed by atoms with Crippen LogP contribution in [0.3, 0.4) is 0 Å². The number of aromatic nitrogens is 3. The van der Waals surface area contributed by atoms with E-state index in [1.807, 2.05) is 18.2 Å². The molecule has 0 atom stereocenters. The second kappa shape index (κ2) is 14.5. The second-order valence-electron chi connectivity index (χ2n) is 14.8. The van der Waals surface area contributed by atoms with Crippen LogP contribution in [-0.4, -0.2) is 15.0 Å². The summed E-state index contributed by atoms with van der Waals surface area (Å²) in [4.78, 5) is 15.6. The normalized spacial score (nSPS) is 11.4. The van der Waals surface area contributed by atoms with Crippen LogP contribution in [0.1, 0.15) is 0 Å². The van der Waals surface area contributed by atoms with Gasteiger partial charge in [-0.1, -0.05) is 182 Å². The quantitative estimate of drug-likeness (QED) is 0.163. The Morgan fingerprint density at radius 3 is 1.32 bits per heavy atom. The minimum atomic E-state index is 0.601. The molecule has 0 fully saturated rings. The molecule has 2 heterocycles. The largest absolute Gasteiger partial charge is 0.455 e. The van der Waals surface area contributed by atoms with Crippen molar-refractivity contribution >= 4 is 32.7 Å². The van der Waals surface area contributed by atoms with Crippen LogP contribution in [0.2, 0.25) is 0 Å². The Morgan fingerprint density at radius 1 is 0.254 bits per heavy atom. The molecule has 0 aliphatic heterocycles. The van der Waals surface area contributed by atoms with E-state index in [1.165, 1.54) is 11.1 Å². The minimum absolute atomic E-state index is 0.601. The van der Waals surface area contributed by atoms with Crippen LogP contribution in [0.25, 0.3) is 111 Å². The number of hydrogen-bond acceptors (Lipinski definition) is 4. The van der Waals surface area contributed by atoms with Crippen LogP contribution in [-0.2, 0) is 0 Å². The van der Waals surface area contributed by atoms with Crippen molar-refractivity contribution in [1.82, 2.24) is 15.0 Å². The van der Waals surface area contributed by atoms with Crippen LogP contribution < -0.4 is 0 Å². The van der Waals surface area contributed by atoms with Crippen molar-refractivity contribution < 1.29 is 4.42 Å². The molecule has 4 nitrogen and oxygen atoms in total. The van der Waals surface area contributed by atoms with Crippen molar-refractivity contribution in [2.24, 2.45) is 0 Å². The van der Waals surface area contributed by atoms with Gasteiger partial charge in [0.05, 0.1) is 0 Å². The van der Waals surface area contributed by atoms with Gasteiger partial charge in [-0.15, -0.1) is 0 Å². The number of fused-ring (bicyclic) bond motifs is 5. The maximum Gasteiger partial charge on any atom is 0.164 e. The lowest BCUT2D eigenvalue weighted by atomic mass is 9.97. The summed E-state index contributed by atoms with van der Waals surface area (Å²) >= 11 is 0. The SMILES string of the molecule is c1ccc(-c2ccc(-c3nc(-c4cccc(-c5ccccc5)c4)nc(-c4cc5c6ccc(-c7cccc(-c8ccccc8)c7)cc6oc5c5ccccc45)n3)cc2)cc1. The zero-order valence-corrected chi connectivity index (χ0v) is 32.0. The van der Waals surface area contributed by atoms with Gasteiger partial charge in [-0.25, -0.2) is 15.0 Å². The standard InChI is InChI=1S/C55H35N3O/c1-4-14-36(15-5-1)39-26-28-40(29-27-39)53-56-54(45-23-13-21-42(33-45)38-18-8-3-9-19-38)58-55(57-53)50-35-49-47-31-30-44(34-51(47)59-52(49)48-25-11-10-24-46(48)50)43-22-12-20-41(32-43)37-16-6-2-7-17-37/h1-35H. The predicted molar refractivity (Wildman–Crippen MR) is 243 cm³/mol. The van der Waals surface area contributed by atoms with Gasteiger partial charge in [0, 0.05) is 32.8 Å². The first-order valence-corrected chi connectivity index (χ1v) is 19.8. The van der Waals surface area contributed by atoms with Crippen molar-refractivity contribution in [2.45, 2.75) is 0 Å². The van der Waals surface area contributed by atoms with Gasteiger partial charge < -0.3 is 4.42 Å². The summed E-state index contributed by atoms with van der Waals surface area (Å²) in [5, 5.41) is 4.07. The summed E-state index contributed by atoms with van der Waals surface area (Å²) < 4.78 is 6.77. The number of nitrogens with zero attached hydrogens (tertiary/aromatic N) is 3. The molecule has 9 aromatic carbocycles. The van der Waals surface area contributed by atoms with Gasteiger partial charge in [-0.2, -0.15) is 0 Å². The first kappa shape index (κ1) is 34.3. The maximum atomic E-state index is 6.77. The molecule has 0 radical (unpaired) electrons. The predicted octanol–water partition coefficient (Wildman–Crippen LogP) is 14.6. The molecule has 0 amide bonds. The van der Waals surface area contributed by atoms with Gasteiger partial charge >= 0.3 is 0 Å². The van der Waals surface area contributed by atoms with E-state index in [4.69, 9.17) is 19.4 Å². The highest BCUT2D eigenvalue weighted by Gasteiger charge is 2.20. The van der Waals surface area contributed by atoms with Crippen LogP contribution in [0.15, 0.2) is 217 Å². The summed E-state index contributed by atoms with van der Waals surface area (Å²) in [5.74, 6) is 1.82. The topological polar surface area (TPSA) is 51.8 Å². The molecule has 276 valence electrons. The average molecular weight is 754 g/mol. The second-order valence-corrected chi connectivity index (χ2v) is 14.8. The third-order valence-corrected chi connectivity index (χ3v) is 11.1. The fourth-order valence-corrected chi connectivity index (χ4v) is 8.14. The molecule has 0 aliphatic rings. The maximum absolute atomic E-state index is 6.77. The highest BCUT2D eigenvalue weighted by molar-refractivity contribution is 6.19. The fourth-order valence-electron chi connectivity index (χ4n) is 8.14. The summed E-state index contributed by atoms with van der Waals surface area (Å²) in [6, 6.07) is 74.0. The molecule has 2 aromatic heterocycles. The molecule has 0 saturated heterocycles. The Balaban J connectivity index is 1.08. The van der Waals surface area contributed by atoms with Gasteiger partial charge in [0.25, 0.3) is 0 Å². The Labute approximate surface area is 341 Å². The molecule has 59 heavy (non-hydrogen) atoms. The molecule has 0 saturated carbocycles. The molecular weight excluding hydrogens is 719 g/mol. The summed E-state index contributed by atoms with van der Waals surface area (Å²) in [7, 11) is 0. The van der Waals surface area contributed by atoms with Crippen molar-refractivity contribution in [3.63, 3.8) is 0 Å². The van der Waals surface area contributed by atoms with E-state index in [2.05, 4.69) is 194 Å². The van der Waals surface area contributed by atoms with Gasteiger partial charge in [-0.05, 0) is 80.2 Å². The van der Waals surface area contributed by atoms with E-state index in [9.17, 15) is 0 Å². The molecule has 0 spiro atoms. The summed E-state index contributed by atoms with van der Waals surface area (Å²) in [5.41, 5.74) is 13.6. The monoisotopic (exact) mass is 753 g/mol. The van der Waals surface area contributed by atoms with Crippen LogP contribution in [0, 0.1) is 0 Å². The van der Waals surface area contributed by atoms with E-state index < -0.39 is 0 Å². The number of hydrogen-bond donors (Lipinski definition) is 0. The lowest BCUT2D eigenvalue weighted by Crippen LogP contribution is -2.01. The Bertz CT molecular complexity index is 3300. The van der Waals surface area contributed by atoms with E-state index in [0.29, 0.717) is 17.5 Å².